The number of phenolic OH excluding ortho intramolecular Hbond substituents is 2. The molecule has 0 aliphatic carbocycles. The number of rotatable bonds is 4. The van der Waals surface area contributed by atoms with E-state index < -0.39 is 0 Å². The van der Waals surface area contributed by atoms with Gasteiger partial charge >= 0.3 is 0 Å². The van der Waals surface area contributed by atoms with Crippen LogP contribution in [0.3, 0.4) is 0 Å². The van der Waals surface area contributed by atoms with Gasteiger partial charge in [0, 0.05) is 15.3 Å². The van der Waals surface area contributed by atoms with Gasteiger partial charge in [-0.15, -0.1) is 0 Å². The molecular formula is C18H20INO2. The van der Waals surface area contributed by atoms with E-state index in [1.807, 2.05) is 31.2 Å². The number of aliphatic imine (C=N–C) groups is 1. The second-order valence-electron chi connectivity index (χ2n) is 5.48. The number of benzene rings is 2. The fourth-order valence-corrected chi connectivity index (χ4v) is 2.99. The second kappa shape index (κ2) is 7.13. The van der Waals surface area contributed by atoms with Crippen molar-refractivity contribution < 1.29 is 10.2 Å². The molecule has 4 heteroatoms. The molecule has 2 aromatic carbocycles. The van der Waals surface area contributed by atoms with E-state index in [2.05, 4.69) is 41.4 Å². The van der Waals surface area contributed by atoms with Gasteiger partial charge in [0.15, 0.2) is 0 Å². The highest BCUT2D eigenvalue weighted by Gasteiger charge is 2.08. The SMILES string of the molecule is CCC(C)c1ccc(O)c(N=Cc2cc(I)cc(C)c2O)c1. The summed E-state index contributed by atoms with van der Waals surface area (Å²) in [6.45, 7) is 6.14. The van der Waals surface area contributed by atoms with Crippen LogP contribution in [-0.4, -0.2) is 16.4 Å². The third kappa shape index (κ3) is 3.80. The zero-order valence-electron chi connectivity index (χ0n) is 13.0. The summed E-state index contributed by atoms with van der Waals surface area (Å²) in [7, 11) is 0. The minimum atomic E-state index is 0.144. The lowest BCUT2D eigenvalue weighted by Crippen LogP contribution is -1.91. The first-order chi connectivity index (χ1) is 10.4. The summed E-state index contributed by atoms with van der Waals surface area (Å²) in [5.41, 5.74) is 3.13. The predicted molar refractivity (Wildman–Crippen MR) is 99.6 cm³/mol. The Morgan fingerprint density at radius 2 is 1.95 bits per heavy atom. The topological polar surface area (TPSA) is 52.8 Å². The van der Waals surface area contributed by atoms with Crippen LogP contribution < -0.4 is 0 Å². The van der Waals surface area contributed by atoms with Crippen molar-refractivity contribution in [2.75, 3.05) is 0 Å². The number of nitrogens with zero attached hydrogens (tertiary/aromatic N) is 1. The second-order valence-corrected chi connectivity index (χ2v) is 6.72. The van der Waals surface area contributed by atoms with Crippen LogP contribution in [0.2, 0.25) is 0 Å². The minimum Gasteiger partial charge on any atom is -0.507 e. The maximum Gasteiger partial charge on any atom is 0.141 e. The third-order valence-electron chi connectivity index (χ3n) is 3.82. The van der Waals surface area contributed by atoms with Crippen LogP contribution in [0.4, 0.5) is 5.69 Å². The van der Waals surface area contributed by atoms with Gasteiger partial charge in [-0.05, 0) is 77.2 Å². The Labute approximate surface area is 144 Å². The first-order valence-corrected chi connectivity index (χ1v) is 8.36. The van der Waals surface area contributed by atoms with E-state index in [-0.39, 0.29) is 11.5 Å². The molecule has 3 nitrogen and oxygen atoms in total. The maximum absolute atomic E-state index is 10.1. The van der Waals surface area contributed by atoms with Gasteiger partial charge in [0.05, 0.1) is 0 Å². The molecule has 2 aromatic rings. The van der Waals surface area contributed by atoms with Gasteiger partial charge < -0.3 is 10.2 Å². The summed E-state index contributed by atoms with van der Waals surface area (Å²) < 4.78 is 1.03. The summed E-state index contributed by atoms with van der Waals surface area (Å²) in [6, 6.07) is 9.28. The largest absolute Gasteiger partial charge is 0.507 e. The van der Waals surface area contributed by atoms with Gasteiger partial charge in [-0.25, -0.2) is 0 Å². The molecule has 2 N–H and O–H groups in total. The lowest BCUT2D eigenvalue weighted by Gasteiger charge is -2.10. The summed E-state index contributed by atoms with van der Waals surface area (Å²) in [5, 5.41) is 20.1. The number of hydrogen-bond acceptors (Lipinski definition) is 3. The first-order valence-electron chi connectivity index (χ1n) is 7.28. The normalized spacial score (nSPS) is 12.7. The Kier molecular flexibility index (Phi) is 5.45. The summed E-state index contributed by atoms with van der Waals surface area (Å²) in [5.74, 6) is 0.787. The van der Waals surface area contributed by atoms with E-state index in [0.29, 0.717) is 17.2 Å². The molecule has 116 valence electrons. The van der Waals surface area contributed by atoms with Gasteiger partial charge in [0.2, 0.25) is 0 Å². The Morgan fingerprint density at radius 3 is 2.64 bits per heavy atom. The molecule has 1 unspecified atom stereocenters. The molecule has 0 spiro atoms. The predicted octanol–water partition coefficient (Wildman–Crippen LogP) is 5.27. The molecule has 22 heavy (non-hydrogen) atoms. The number of aryl methyl sites for hydroxylation is 1. The van der Waals surface area contributed by atoms with Gasteiger partial charge in [-0.2, -0.15) is 0 Å². The molecule has 0 radical (unpaired) electrons. The van der Waals surface area contributed by atoms with Gasteiger partial charge in [-0.1, -0.05) is 19.9 Å². The van der Waals surface area contributed by atoms with Crippen LogP contribution in [0.5, 0.6) is 11.5 Å². The average Bonchev–Trinajstić information content (AvgIpc) is 2.50. The molecular weight excluding hydrogens is 389 g/mol. The number of phenols is 2. The number of hydrogen-bond donors (Lipinski definition) is 2. The standard InChI is InChI=1S/C18H20INO2/c1-4-11(2)13-5-6-17(21)16(9-13)20-10-14-8-15(19)7-12(3)18(14)22/h5-11,21-22H,4H2,1-3H3. The smallest absolute Gasteiger partial charge is 0.141 e. The van der Waals surface area contributed by atoms with Crippen LogP contribution in [0.25, 0.3) is 0 Å². The molecule has 2 rings (SSSR count). The highest BCUT2D eigenvalue weighted by molar-refractivity contribution is 14.1. The molecule has 0 aliphatic rings. The molecule has 0 amide bonds. The summed E-state index contributed by atoms with van der Waals surface area (Å²) in [6.07, 6.45) is 2.63. The minimum absolute atomic E-state index is 0.144. The van der Waals surface area contributed by atoms with Crippen molar-refractivity contribution in [1.82, 2.24) is 0 Å². The van der Waals surface area contributed by atoms with E-state index >= 15 is 0 Å². The Balaban J connectivity index is 2.38. The monoisotopic (exact) mass is 409 g/mol. The summed E-state index contributed by atoms with van der Waals surface area (Å²) in [4.78, 5) is 4.36. The zero-order valence-corrected chi connectivity index (χ0v) is 15.1. The van der Waals surface area contributed by atoms with Crippen LogP contribution in [-0.2, 0) is 0 Å². The van der Waals surface area contributed by atoms with Crippen LogP contribution >= 0.6 is 22.6 Å². The molecule has 0 saturated heterocycles. The molecule has 0 aromatic heterocycles. The number of halogens is 1. The van der Waals surface area contributed by atoms with Gasteiger partial charge in [-0.3, -0.25) is 4.99 Å². The van der Waals surface area contributed by atoms with Gasteiger partial charge in [0.25, 0.3) is 0 Å². The Bertz CT molecular complexity index is 710. The first kappa shape index (κ1) is 16.8. The van der Waals surface area contributed by atoms with Crippen LogP contribution in [0, 0.1) is 10.5 Å². The molecule has 0 saturated carbocycles. The molecule has 0 fully saturated rings. The van der Waals surface area contributed by atoms with Crippen LogP contribution in [0.1, 0.15) is 42.9 Å². The van der Waals surface area contributed by atoms with Crippen molar-refractivity contribution in [3.05, 3.63) is 50.6 Å². The van der Waals surface area contributed by atoms with E-state index in [1.54, 1.807) is 12.3 Å². The molecule has 0 aliphatic heterocycles. The van der Waals surface area contributed by atoms with Crippen molar-refractivity contribution in [3.63, 3.8) is 0 Å². The van der Waals surface area contributed by atoms with Crippen LogP contribution in [0.15, 0.2) is 35.3 Å². The van der Waals surface area contributed by atoms with E-state index in [1.165, 1.54) is 0 Å². The quantitative estimate of drug-likeness (QED) is 0.534. The van der Waals surface area contributed by atoms with E-state index in [0.717, 1.165) is 21.1 Å². The maximum atomic E-state index is 10.1. The molecule has 1 atom stereocenters. The van der Waals surface area contributed by atoms with Crippen molar-refractivity contribution >= 4 is 34.5 Å². The molecule has 0 heterocycles. The average molecular weight is 409 g/mol. The summed E-state index contributed by atoms with van der Waals surface area (Å²) >= 11 is 2.21. The Hall–Kier alpha value is -1.56. The fourth-order valence-electron chi connectivity index (χ4n) is 2.19. The Morgan fingerprint density at radius 1 is 1.23 bits per heavy atom. The highest BCUT2D eigenvalue weighted by Crippen LogP contribution is 2.32. The lowest BCUT2D eigenvalue weighted by molar-refractivity contribution is 0.470. The van der Waals surface area contributed by atoms with Crippen molar-refractivity contribution in [2.45, 2.75) is 33.1 Å². The van der Waals surface area contributed by atoms with E-state index in [4.69, 9.17) is 0 Å². The highest BCUT2D eigenvalue weighted by atomic mass is 127. The van der Waals surface area contributed by atoms with Crippen molar-refractivity contribution in [3.8, 4) is 11.5 Å². The van der Waals surface area contributed by atoms with E-state index in [9.17, 15) is 10.2 Å². The number of aromatic hydroxyl groups is 2. The zero-order chi connectivity index (χ0) is 16.3. The fraction of sp³-hybridized carbons (Fsp3) is 0.278. The van der Waals surface area contributed by atoms with Gasteiger partial charge in [0.1, 0.15) is 17.2 Å². The molecule has 0 bridgehead atoms. The third-order valence-corrected chi connectivity index (χ3v) is 4.44. The van der Waals surface area contributed by atoms with Crippen molar-refractivity contribution in [1.29, 1.82) is 0 Å². The lowest BCUT2D eigenvalue weighted by atomic mass is 9.98. The van der Waals surface area contributed by atoms with Crippen molar-refractivity contribution in [2.24, 2.45) is 4.99 Å².